The maximum Gasteiger partial charge on any atom is 0.328 e. The molecule has 3 atom stereocenters. The number of amides is 1. The summed E-state index contributed by atoms with van der Waals surface area (Å²) in [6, 6.07) is 11.2. The lowest BCUT2D eigenvalue weighted by Crippen LogP contribution is -2.43. The van der Waals surface area contributed by atoms with E-state index in [1.54, 1.807) is 36.4 Å². The molecule has 0 bridgehead atoms. The summed E-state index contributed by atoms with van der Waals surface area (Å²) in [6.07, 6.45) is 0.962. The van der Waals surface area contributed by atoms with Gasteiger partial charge in [0.05, 0.1) is 12.7 Å². The van der Waals surface area contributed by atoms with E-state index in [1.165, 1.54) is 7.11 Å². The van der Waals surface area contributed by atoms with E-state index < -0.39 is 27.4 Å². The van der Waals surface area contributed by atoms with Gasteiger partial charge in [0.1, 0.15) is 16.3 Å². The number of fused-ring (bicyclic) bond motifs is 1. The Morgan fingerprint density at radius 2 is 2.03 bits per heavy atom. The number of hydrogen-bond acceptors (Lipinski definition) is 5. The van der Waals surface area contributed by atoms with Gasteiger partial charge in [-0.2, -0.15) is 0 Å². The summed E-state index contributed by atoms with van der Waals surface area (Å²) in [7, 11) is 1.11. The maximum absolute atomic E-state index is 13.1. The fraction of sp³-hybridized carbons (Fsp3) is 0.300. The normalized spacial score (nSPS) is 19.0. The highest BCUT2D eigenvalue weighted by Gasteiger charge is 2.28. The summed E-state index contributed by atoms with van der Waals surface area (Å²) >= 11 is 5.91. The zero-order valence-corrected chi connectivity index (χ0v) is 18.1. The largest absolute Gasteiger partial charge is 0.467 e. The minimum Gasteiger partial charge on any atom is -0.467 e. The molecule has 2 unspecified atom stereocenters. The SMILES string of the molecule is COC(=O)[C@H](Cc1ccc(Cl)cc1)NC(=O)c1cccc2c1S(=S=O)CCC2N. The van der Waals surface area contributed by atoms with Crippen LogP contribution in [0.3, 0.4) is 0 Å². The van der Waals surface area contributed by atoms with E-state index in [-0.39, 0.29) is 12.5 Å². The number of methoxy groups -OCH3 is 1. The van der Waals surface area contributed by atoms with Crippen molar-refractivity contribution in [3.8, 4) is 0 Å². The molecule has 0 saturated carbocycles. The van der Waals surface area contributed by atoms with Crippen LogP contribution in [-0.2, 0) is 35.6 Å². The molecule has 1 aliphatic heterocycles. The Hall–Kier alpha value is -2.00. The molecule has 0 saturated heterocycles. The van der Waals surface area contributed by atoms with E-state index >= 15 is 0 Å². The van der Waals surface area contributed by atoms with Crippen molar-refractivity contribution in [2.75, 3.05) is 12.9 Å². The Kier molecular flexibility index (Phi) is 7.23. The highest BCUT2D eigenvalue weighted by atomic mass is 35.5. The van der Waals surface area contributed by atoms with Crippen LogP contribution in [0.4, 0.5) is 0 Å². The first-order valence-electron chi connectivity index (χ1n) is 8.97. The number of hydrogen-bond donors (Lipinski definition) is 2. The van der Waals surface area contributed by atoms with Crippen LogP contribution in [-0.4, -0.2) is 35.0 Å². The van der Waals surface area contributed by atoms with Gasteiger partial charge < -0.3 is 15.8 Å². The van der Waals surface area contributed by atoms with Gasteiger partial charge in [-0.3, -0.25) is 4.79 Å². The second kappa shape index (κ2) is 9.67. The first kappa shape index (κ1) is 21.7. The van der Waals surface area contributed by atoms with E-state index in [0.717, 1.165) is 11.1 Å². The summed E-state index contributed by atoms with van der Waals surface area (Å²) in [5.41, 5.74) is 8.23. The lowest BCUT2D eigenvalue weighted by atomic mass is 10.0. The molecule has 1 heterocycles. The molecule has 0 fully saturated rings. The molecule has 9 heteroatoms. The van der Waals surface area contributed by atoms with Gasteiger partial charge >= 0.3 is 5.97 Å². The van der Waals surface area contributed by atoms with Crippen molar-refractivity contribution < 1.29 is 18.5 Å². The highest BCUT2D eigenvalue weighted by Crippen LogP contribution is 2.31. The average molecular weight is 453 g/mol. The second-order valence-corrected chi connectivity index (χ2v) is 10.3. The minimum atomic E-state index is -0.872. The quantitative estimate of drug-likeness (QED) is 0.678. The molecular formula is C20H21ClN2O4S2. The molecule has 6 nitrogen and oxygen atoms in total. The molecule has 0 radical (unpaired) electrons. The number of rotatable bonds is 5. The fourth-order valence-electron chi connectivity index (χ4n) is 3.27. The predicted molar refractivity (Wildman–Crippen MR) is 115 cm³/mol. The van der Waals surface area contributed by atoms with Gasteiger partial charge in [0.25, 0.3) is 5.91 Å². The van der Waals surface area contributed by atoms with Crippen LogP contribution < -0.4 is 11.1 Å². The number of nitrogens with one attached hydrogen (secondary N) is 1. The van der Waals surface area contributed by atoms with E-state index in [1.807, 2.05) is 6.07 Å². The van der Waals surface area contributed by atoms with Crippen molar-refractivity contribution in [2.45, 2.75) is 29.8 Å². The zero-order valence-electron chi connectivity index (χ0n) is 15.7. The molecular weight excluding hydrogens is 432 g/mol. The van der Waals surface area contributed by atoms with Gasteiger partial charge in [-0.15, -0.1) is 0 Å². The molecule has 1 amide bonds. The number of carbonyl (C=O) groups excluding carboxylic acids is 2. The summed E-state index contributed by atoms with van der Waals surface area (Å²) in [6.45, 7) is 0. The summed E-state index contributed by atoms with van der Waals surface area (Å²) in [5.74, 6) is -0.337. The van der Waals surface area contributed by atoms with Crippen molar-refractivity contribution >= 4 is 43.2 Å². The third kappa shape index (κ3) is 4.95. The van der Waals surface area contributed by atoms with Crippen LogP contribution >= 0.6 is 11.6 Å². The average Bonchev–Trinajstić information content (AvgIpc) is 2.74. The first-order valence-corrected chi connectivity index (χ1v) is 12.0. The van der Waals surface area contributed by atoms with Gasteiger partial charge in [-0.25, -0.2) is 9.00 Å². The number of esters is 1. The topological polar surface area (TPSA) is 98.5 Å². The lowest BCUT2D eigenvalue weighted by Gasteiger charge is -2.26. The van der Waals surface area contributed by atoms with Gasteiger partial charge in [0.15, 0.2) is 0 Å². The molecule has 3 rings (SSSR count). The molecule has 0 aliphatic carbocycles. The first-order chi connectivity index (χ1) is 13.9. The number of carbonyl (C=O) groups is 2. The van der Waals surface area contributed by atoms with E-state index in [2.05, 4.69) is 5.32 Å². The smallest absolute Gasteiger partial charge is 0.328 e. The number of halogens is 1. The van der Waals surface area contributed by atoms with Gasteiger partial charge in [0.2, 0.25) is 0 Å². The highest BCUT2D eigenvalue weighted by molar-refractivity contribution is 8.31. The zero-order chi connectivity index (χ0) is 21.0. The third-order valence-corrected chi connectivity index (χ3v) is 8.18. The molecule has 0 spiro atoms. The van der Waals surface area contributed by atoms with Crippen LogP contribution in [0.15, 0.2) is 47.4 Å². The lowest BCUT2D eigenvalue weighted by molar-refractivity contribution is -0.142. The van der Waals surface area contributed by atoms with Crippen LogP contribution in [0, 0.1) is 0 Å². The number of nitrogens with two attached hydrogens (primary N) is 1. The Morgan fingerprint density at radius 1 is 1.31 bits per heavy atom. The van der Waals surface area contributed by atoms with Crippen molar-refractivity contribution in [2.24, 2.45) is 5.73 Å². The van der Waals surface area contributed by atoms with Crippen molar-refractivity contribution in [3.05, 3.63) is 64.2 Å². The Bertz CT molecular complexity index is 990. The van der Waals surface area contributed by atoms with Crippen LogP contribution in [0.5, 0.6) is 0 Å². The standard InChI is InChI=1S/C20H21ClN2O4S2/c1-27-20(25)17(11-12-5-7-13(21)8-6-12)23-19(24)15-4-2-3-14-16(22)9-10-29(28-26)18(14)15/h2-8,16-17H,9-11,22H2,1H3,(H,23,24)/t16?,17-,29?/m0/s1. The Labute approximate surface area is 179 Å². The molecule has 3 N–H and O–H groups in total. The maximum atomic E-state index is 13.1. The van der Waals surface area contributed by atoms with E-state index in [4.69, 9.17) is 22.1 Å². The van der Waals surface area contributed by atoms with E-state index in [0.29, 0.717) is 37.9 Å². The van der Waals surface area contributed by atoms with Crippen molar-refractivity contribution in [3.63, 3.8) is 0 Å². The summed E-state index contributed by atoms with van der Waals surface area (Å²) < 4.78 is 16.5. The fourth-order valence-corrected chi connectivity index (χ4v) is 6.34. The van der Waals surface area contributed by atoms with Crippen molar-refractivity contribution in [1.29, 1.82) is 0 Å². The van der Waals surface area contributed by atoms with E-state index in [9.17, 15) is 13.8 Å². The van der Waals surface area contributed by atoms with Crippen LogP contribution in [0.25, 0.3) is 0 Å². The summed E-state index contributed by atoms with van der Waals surface area (Å²) in [5, 5.41) is 3.35. The monoisotopic (exact) mass is 452 g/mol. The Morgan fingerprint density at radius 3 is 2.69 bits per heavy atom. The second-order valence-electron chi connectivity index (χ2n) is 6.62. The molecule has 154 valence electrons. The summed E-state index contributed by atoms with van der Waals surface area (Å²) in [4.78, 5) is 26.0. The number of ether oxygens (including phenoxy) is 1. The Balaban J connectivity index is 1.91. The minimum absolute atomic E-state index is 0.209. The predicted octanol–water partition coefficient (Wildman–Crippen LogP) is 2.36. The third-order valence-electron chi connectivity index (χ3n) is 4.76. The molecule has 1 aliphatic rings. The number of benzene rings is 2. The van der Waals surface area contributed by atoms with Gasteiger partial charge in [-0.05, 0) is 35.7 Å². The van der Waals surface area contributed by atoms with Crippen LogP contribution in [0.1, 0.15) is 33.9 Å². The molecule has 2 aromatic rings. The van der Waals surface area contributed by atoms with Gasteiger partial charge in [0, 0.05) is 28.1 Å². The molecule has 0 aromatic heterocycles. The van der Waals surface area contributed by atoms with Gasteiger partial charge in [-0.1, -0.05) is 45.3 Å². The molecule has 29 heavy (non-hydrogen) atoms. The molecule has 2 aromatic carbocycles. The van der Waals surface area contributed by atoms with Crippen LogP contribution in [0.2, 0.25) is 5.02 Å². The van der Waals surface area contributed by atoms with Crippen molar-refractivity contribution in [1.82, 2.24) is 5.32 Å².